The Kier molecular flexibility index (Phi) is 5.43. The highest BCUT2D eigenvalue weighted by molar-refractivity contribution is 9.10. The van der Waals surface area contributed by atoms with E-state index >= 15 is 0 Å². The summed E-state index contributed by atoms with van der Waals surface area (Å²) < 4.78 is 6.98. The van der Waals surface area contributed by atoms with Crippen molar-refractivity contribution >= 4 is 15.9 Å². The fourth-order valence-corrected chi connectivity index (χ4v) is 2.12. The Hall–Kier alpha value is -1.32. The van der Waals surface area contributed by atoms with Gasteiger partial charge >= 0.3 is 0 Å². The molecular weight excluding hydrogens is 302 g/mol. The fraction of sp³-hybridized carbons (Fsp3) is 0.250. The summed E-state index contributed by atoms with van der Waals surface area (Å²) in [6, 6.07) is 16.0. The van der Waals surface area contributed by atoms with E-state index in [1.54, 1.807) is 0 Å². The van der Waals surface area contributed by atoms with Gasteiger partial charge in [0.15, 0.2) is 0 Å². The van der Waals surface area contributed by atoms with Crippen LogP contribution in [0.2, 0.25) is 0 Å². The van der Waals surface area contributed by atoms with E-state index in [2.05, 4.69) is 34.2 Å². The van der Waals surface area contributed by atoms with Crippen molar-refractivity contribution in [2.24, 2.45) is 0 Å². The maximum absolute atomic E-state index is 5.95. The van der Waals surface area contributed by atoms with Crippen LogP contribution in [0.3, 0.4) is 0 Å². The van der Waals surface area contributed by atoms with Crippen molar-refractivity contribution in [1.29, 1.82) is 0 Å². The number of rotatable bonds is 6. The third-order valence-corrected chi connectivity index (χ3v) is 3.24. The second-order valence-electron chi connectivity index (χ2n) is 4.34. The van der Waals surface area contributed by atoms with Gasteiger partial charge in [-0.25, -0.2) is 0 Å². The molecule has 0 aliphatic heterocycles. The Bertz CT molecular complexity index is 513. The molecule has 0 aliphatic rings. The highest BCUT2D eigenvalue weighted by Crippen LogP contribution is 2.28. The van der Waals surface area contributed by atoms with E-state index in [-0.39, 0.29) is 0 Å². The van der Waals surface area contributed by atoms with Crippen LogP contribution in [-0.4, -0.2) is 6.54 Å². The van der Waals surface area contributed by atoms with E-state index in [1.165, 1.54) is 5.56 Å². The highest BCUT2D eigenvalue weighted by atomic mass is 79.9. The van der Waals surface area contributed by atoms with Crippen molar-refractivity contribution in [2.75, 3.05) is 6.54 Å². The van der Waals surface area contributed by atoms with Crippen LogP contribution in [0.4, 0.5) is 0 Å². The zero-order chi connectivity index (χ0) is 13.5. The zero-order valence-electron chi connectivity index (χ0n) is 11.0. The van der Waals surface area contributed by atoms with Gasteiger partial charge in [0.1, 0.15) is 11.5 Å². The quantitative estimate of drug-likeness (QED) is 0.776. The number of benzene rings is 2. The maximum atomic E-state index is 5.95. The Morgan fingerprint density at radius 2 is 1.89 bits per heavy atom. The second kappa shape index (κ2) is 7.31. The van der Waals surface area contributed by atoms with Crippen LogP contribution in [0.5, 0.6) is 11.5 Å². The van der Waals surface area contributed by atoms with E-state index in [4.69, 9.17) is 4.74 Å². The van der Waals surface area contributed by atoms with E-state index in [0.717, 1.165) is 35.5 Å². The molecule has 1 N–H and O–H groups in total. The molecule has 0 unspecified atom stereocenters. The lowest BCUT2D eigenvalue weighted by atomic mass is 10.2. The van der Waals surface area contributed by atoms with Crippen molar-refractivity contribution in [3.8, 4) is 11.5 Å². The molecule has 0 saturated carbocycles. The van der Waals surface area contributed by atoms with Gasteiger partial charge in [-0.3, -0.25) is 0 Å². The third-order valence-electron chi connectivity index (χ3n) is 2.74. The third kappa shape index (κ3) is 4.37. The van der Waals surface area contributed by atoms with E-state index in [9.17, 15) is 0 Å². The minimum atomic E-state index is 0.823. The van der Waals surface area contributed by atoms with Gasteiger partial charge in [0, 0.05) is 16.6 Å². The molecule has 0 aromatic heterocycles. The second-order valence-corrected chi connectivity index (χ2v) is 5.26. The summed E-state index contributed by atoms with van der Waals surface area (Å²) in [4.78, 5) is 0. The van der Waals surface area contributed by atoms with Gasteiger partial charge in [0.05, 0.1) is 0 Å². The van der Waals surface area contributed by atoms with Gasteiger partial charge in [-0.05, 0) is 37.2 Å². The molecule has 0 aliphatic carbocycles. The lowest BCUT2D eigenvalue weighted by Crippen LogP contribution is -2.14. The molecule has 2 rings (SSSR count). The summed E-state index contributed by atoms with van der Waals surface area (Å²) in [5.41, 5.74) is 1.17. The molecule has 0 fully saturated rings. The van der Waals surface area contributed by atoms with Gasteiger partial charge in [0.25, 0.3) is 0 Å². The Morgan fingerprint density at radius 3 is 2.63 bits per heavy atom. The first kappa shape index (κ1) is 14.1. The first-order valence-electron chi connectivity index (χ1n) is 6.51. The summed E-state index contributed by atoms with van der Waals surface area (Å²) in [6.07, 6.45) is 1.13. The molecule has 0 heterocycles. The Balaban J connectivity index is 2.15. The summed E-state index contributed by atoms with van der Waals surface area (Å²) in [7, 11) is 0. The molecule has 2 aromatic rings. The summed E-state index contributed by atoms with van der Waals surface area (Å²) in [5.74, 6) is 1.75. The highest BCUT2D eigenvalue weighted by Gasteiger charge is 2.05. The Labute approximate surface area is 122 Å². The van der Waals surface area contributed by atoms with Gasteiger partial charge < -0.3 is 10.1 Å². The number of ether oxygens (including phenoxy) is 1. The molecule has 2 aromatic carbocycles. The number of nitrogens with one attached hydrogen (secondary N) is 1. The van der Waals surface area contributed by atoms with Gasteiger partial charge in [0.2, 0.25) is 0 Å². The molecular formula is C16H18BrNO. The molecule has 0 radical (unpaired) electrons. The van der Waals surface area contributed by atoms with Crippen LogP contribution in [0.1, 0.15) is 18.9 Å². The van der Waals surface area contributed by atoms with Gasteiger partial charge in [-0.2, -0.15) is 0 Å². The van der Waals surface area contributed by atoms with E-state index in [0.29, 0.717) is 0 Å². The number of para-hydroxylation sites is 1. The van der Waals surface area contributed by atoms with Crippen molar-refractivity contribution in [3.05, 3.63) is 58.6 Å². The smallest absolute Gasteiger partial charge is 0.133 e. The zero-order valence-corrected chi connectivity index (χ0v) is 12.6. The van der Waals surface area contributed by atoms with Crippen molar-refractivity contribution < 1.29 is 4.74 Å². The summed E-state index contributed by atoms with van der Waals surface area (Å²) in [6.45, 7) is 4.00. The first-order chi connectivity index (χ1) is 9.29. The molecule has 2 nitrogen and oxygen atoms in total. The van der Waals surface area contributed by atoms with Crippen LogP contribution in [-0.2, 0) is 6.54 Å². The topological polar surface area (TPSA) is 21.3 Å². The number of hydrogen-bond donors (Lipinski definition) is 1. The van der Waals surface area contributed by atoms with Crippen LogP contribution >= 0.6 is 15.9 Å². The van der Waals surface area contributed by atoms with Crippen molar-refractivity contribution in [3.63, 3.8) is 0 Å². The van der Waals surface area contributed by atoms with E-state index in [1.807, 2.05) is 42.5 Å². The molecule has 0 saturated heterocycles. The molecule has 0 bridgehead atoms. The minimum Gasteiger partial charge on any atom is -0.457 e. The molecule has 3 heteroatoms. The predicted octanol–water partition coefficient (Wildman–Crippen LogP) is 4.74. The minimum absolute atomic E-state index is 0.823. The lowest BCUT2D eigenvalue weighted by Gasteiger charge is -2.12. The molecule has 100 valence electrons. The van der Waals surface area contributed by atoms with Gasteiger partial charge in [-0.15, -0.1) is 0 Å². The predicted molar refractivity (Wildman–Crippen MR) is 82.7 cm³/mol. The van der Waals surface area contributed by atoms with Crippen LogP contribution in [0.25, 0.3) is 0 Å². The van der Waals surface area contributed by atoms with E-state index < -0.39 is 0 Å². The summed E-state index contributed by atoms with van der Waals surface area (Å²) in [5, 5.41) is 3.40. The largest absolute Gasteiger partial charge is 0.457 e. The number of hydrogen-bond acceptors (Lipinski definition) is 2. The average molecular weight is 320 g/mol. The monoisotopic (exact) mass is 319 g/mol. The summed E-state index contributed by atoms with van der Waals surface area (Å²) >= 11 is 3.49. The normalized spacial score (nSPS) is 10.4. The van der Waals surface area contributed by atoms with Crippen molar-refractivity contribution in [1.82, 2.24) is 5.32 Å². The lowest BCUT2D eigenvalue weighted by molar-refractivity contribution is 0.472. The van der Waals surface area contributed by atoms with Crippen LogP contribution < -0.4 is 10.1 Å². The molecule has 0 amide bonds. The molecule has 0 spiro atoms. The van der Waals surface area contributed by atoms with Crippen LogP contribution in [0, 0.1) is 0 Å². The van der Waals surface area contributed by atoms with Crippen molar-refractivity contribution in [2.45, 2.75) is 19.9 Å². The fourth-order valence-electron chi connectivity index (χ4n) is 1.78. The van der Waals surface area contributed by atoms with Crippen LogP contribution in [0.15, 0.2) is 53.0 Å². The Morgan fingerprint density at radius 1 is 1.11 bits per heavy atom. The molecule has 0 atom stereocenters. The average Bonchev–Trinajstić information content (AvgIpc) is 2.43. The number of halogens is 1. The molecule has 19 heavy (non-hydrogen) atoms. The maximum Gasteiger partial charge on any atom is 0.133 e. The SMILES string of the molecule is CCCNCc1ccc(Br)cc1Oc1ccccc1. The first-order valence-corrected chi connectivity index (χ1v) is 7.31. The van der Waals surface area contributed by atoms with Gasteiger partial charge in [-0.1, -0.05) is 47.1 Å². The standard InChI is InChI=1S/C16H18BrNO/c1-2-10-18-12-13-8-9-14(17)11-16(13)19-15-6-4-3-5-7-15/h3-9,11,18H,2,10,12H2,1H3.